The number of nitrogens with two attached hydrogens (primary N) is 1. The Hall–Kier alpha value is -0.920. The van der Waals surface area contributed by atoms with Crippen LogP contribution in [-0.2, 0) is 14.8 Å². The molecule has 2 rings (SSSR count). The molecule has 3 N–H and O–H groups in total. The summed E-state index contributed by atoms with van der Waals surface area (Å²) < 4.78 is 32.1. The highest BCUT2D eigenvalue weighted by Gasteiger charge is 2.41. The van der Waals surface area contributed by atoms with E-state index >= 15 is 0 Å². The maximum absolute atomic E-state index is 12.0. The van der Waals surface area contributed by atoms with Crippen LogP contribution in [0.1, 0.15) is 18.9 Å². The molecule has 1 fully saturated rings. The molecule has 0 amide bonds. The van der Waals surface area contributed by atoms with Crippen molar-refractivity contribution in [3.8, 4) is 0 Å². The zero-order chi connectivity index (χ0) is 15.5. The Kier molecular flexibility index (Phi) is 5.40. The van der Waals surface area contributed by atoms with E-state index in [1.54, 1.807) is 24.3 Å². The van der Waals surface area contributed by atoms with Gasteiger partial charge < -0.3 is 10.5 Å². The number of hydrogen-bond donors (Lipinski definition) is 2. The van der Waals surface area contributed by atoms with E-state index in [0.29, 0.717) is 18.1 Å². The summed E-state index contributed by atoms with van der Waals surface area (Å²) in [6.07, 6.45) is 2.03. The van der Waals surface area contributed by atoms with Gasteiger partial charge in [0, 0.05) is 23.1 Å². The Morgan fingerprint density at radius 2 is 2.10 bits per heavy atom. The third kappa shape index (κ3) is 4.52. The van der Waals surface area contributed by atoms with Gasteiger partial charge in [-0.1, -0.05) is 23.7 Å². The predicted molar refractivity (Wildman–Crippen MR) is 84.3 cm³/mol. The average molecular weight is 331 g/mol. The Labute approximate surface area is 130 Å². The molecule has 1 aromatic carbocycles. The number of ether oxygens (including phenoxy) is 1. The molecule has 5 nitrogen and oxygen atoms in total. The largest absolute Gasteiger partial charge is 0.377 e. The average Bonchev–Trinajstić information content (AvgIpc) is 2.44. The van der Waals surface area contributed by atoms with Gasteiger partial charge in [0.05, 0.1) is 12.1 Å². The van der Waals surface area contributed by atoms with Crippen molar-refractivity contribution in [1.29, 1.82) is 0 Å². The van der Waals surface area contributed by atoms with Gasteiger partial charge in [0.1, 0.15) is 0 Å². The Bertz CT molecular complexity index is 599. The molecule has 0 saturated heterocycles. The topological polar surface area (TPSA) is 81.4 Å². The van der Waals surface area contributed by atoms with Crippen LogP contribution in [0.25, 0.3) is 6.08 Å². The van der Waals surface area contributed by atoms with Crippen molar-refractivity contribution in [3.63, 3.8) is 0 Å². The number of nitrogens with one attached hydrogen (secondary N) is 1. The monoisotopic (exact) mass is 330 g/mol. The summed E-state index contributed by atoms with van der Waals surface area (Å²) in [4.78, 5) is 0. The number of hydrogen-bond acceptors (Lipinski definition) is 4. The molecule has 116 valence electrons. The molecule has 21 heavy (non-hydrogen) atoms. The summed E-state index contributed by atoms with van der Waals surface area (Å²) >= 11 is 5.78. The summed E-state index contributed by atoms with van der Waals surface area (Å²) in [5, 5.41) is 1.73. The first-order valence-corrected chi connectivity index (χ1v) is 8.67. The third-order valence-electron chi connectivity index (χ3n) is 3.36. The van der Waals surface area contributed by atoms with Crippen LogP contribution >= 0.6 is 11.6 Å². The summed E-state index contributed by atoms with van der Waals surface area (Å²) in [5.41, 5.74) is 6.58. The number of rotatable bonds is 6. The number of sulfonamides is 1. The summed E-state index contributed by atoms with van der Waals surface area (Å²) in [6, 6.07) is 6.31. The second-order valence-electron chi connectivity index (χ2n) is 4.94. The first kappa shape index (κ1) is 16.5. The fraction of sp³-hybridized carbons (Fsp3) is 0.429. The van der Waals surface area contributed by atoms with E-state index in [-0.39, 0.29) is 18.2 Å². The molecule has 3 atom stereocenters. The molecule has 1 aliphatic rings. The van der Waals surface area contributed by atoms with Crippen molar-refractivity contribution in [2.45, 2.75) is 31.5 Å². The van der Waals surface area contributed by atoms with E-state index in [1.807, 2.05) is 6.92 Å². The highest BCUT2D eigenvalue weighted by molar-refractivity contribution is 7.92. The molecule has 0 bridgehead atoms. The van der Waals surface area contributed by atoms with Gasteiger partial charge in [-0.15, -0.1) is 0 Å². The minimum atomic E-state index is -3.56. The second kappa shape index (κ2) is 6.89. The van der Waals surface area contributed by atoms with Crippen molar-refractivity contribution >= 4 is 27.7 Å². The zero-order valence-electron chi connectivity index (χ0n) is 11.7. The van der Waals surface area contributed by atoms with Gasteiger partial charge in [0.15, 0.2) is 0 Å². The van der Waals surface area contributed by atoms with Gasteiger partial charge in [-0.2, -0.15) is 0 Å². The van der Waals surface area contributed by atoms with Gasteiger partial charge >= 0.3 is 0 Å². The molecule has 0 aliphatic heterocycles. The summed E-state index contributed by atoms with van der Waals surface area (Å²) in [7, 11) is -3.56. The molecule has 1 aromatic rings. The maximum Gasteiger partial charge on any atom is 0.234 e. The Balaban J connectivity index is 2.00. The van der Waals surface area contributed by atoms with Crippen LogP contribution < -0.4 is 10.5 Å². The summed E-state index contributed by atoms with van der Waals surface area (Å²) in [5.74, 6) is 0. The van der Waals surface area contributed by atoms with E-state index in [9.17, 15) is 8.42 Å². The first-order valence-electron chi connectivity index (χ1n) is 6.74. The van der Waals surface area contributed by atoms with Gasteiger partial charge in [-0.05, 0) is 37.1 Å². The quantitative estimate of drug-likeness (QED) is 0.832. The van der Waals surface area contributed by atoms with Crippen LogP contribution in [0.15, 0.2) is 29.7 Å². The standard InChI is InChI=1S/C14H19ClN2O3S/c1-2-20-13-9-12(16)14(13)17-21(18,19)8-7-10-3-5-11(15)6-4-10/h3-8,12-14,17H,2,9,16H2,1H3. The molecule has 0 heterocycles. The van der Waals surface area contributed by atoms with Crippen LogP contribution in [-0.4, -0.2) is 33.2 Å². The van der Waals surface area contributed by atoms with Crippen molar-refractivity contribution in [1.82, 2.24) is 4.72 Å². The van der Waals surface area contributed by atoms with Crippen LogP contribution in [0.2, 0.25) is 5.02 Å². The fourth-order valence-corrected chi connectivity index (χ4v) is 3.41. The molecule has 0 radical (unpaired) electrons. The van der Waals surface area contributed by atoms with E-state index in [4.69, 9.17) is 22.1 Å². The Morgan fingerprint density at radius 3 is 2.67 bits per heavy atom. The summed E-state index contributed by atoms with van der Waals surface area (Å²) in [6.45, 7) is 2.41. The van der Waals surface area contributed by atoms with Crippen molar-refractivity contribution in [2.75, 3.05) is 6.61 Å². The third-order valence-corrected chi connectivity index (χ3v) is 4.70. The van der Waals surface area contributed by atoms with Crippen LogP contribution in [0, 0.1) is 0 Å². The lowest BCUT2D eigenvalue weighted by molar-refractivity contribution is -0.0247. The molecule has 0 spiro atoms. The molecule has 1 aliphatic carbocycles. The van der Waals surface area contributed by atoms with E-state index < -0.39 is 10.0 Å². The minimum Gasteiger partial charge on any atom is -0.377 e. The van der Waals surface area contributed by atoms with Gasteiger partial charge in [0.2, 0.25) is 10.0 Å². The molecular formula is C14H19ClN2O3S. The van der Waals surface area contributed by atoms with Gasteiger partial charge in [-0.3, -0.25) is 0 Å². The Morgan fingerprint density at radius 1 is 1.43 bits per heavy atom. The van der Waals surface area contributed by atoms with Crippen LogP contribution in [0.5, 0.6) is 0 Å². The van der Waals surface area contributed by atoms with Crippen molar-refractivity contribution in [2.24, 2.45) is 5.73 Å². The smallest absolute Gasteiger partial charge is 0.234 e. The minimum absolute atomic E-state index is 0.149. The van der Waals surface area contributed by atoms with E-state index in [0.717, 1.165) is 11.0 Å². The van der Waals surface area contributed by atoms with E-state index in [2.05, 4.69) is 4.72 Å². The molecule has 1 saturated carbocycles. The zero-order valence-corrected chi connectivity index (χ0v) is 13.3. The number of benzene rings is 1. The molecule has 7 heteroatoms. The number of halogens is 1. The maximum atomic E-state index is 12.0. The predicted octanol–water partition coefficient (Wildman–Crippen LogP) is 1.73. The second-order valence-corrected chi connectivity index (χ2v) is 6.97. The van der Waals surface area contributed by atoms with Crippen molar-refractivity contribution in [3.05, 3.63) is 40.3 Å². The highest BCUT2D eigenvalue weighted by atomic mass is 35.5. The van der Waals surface area contributed by atoms with Gasteiger partial charge in [0.25, 0.3) is 0 Å². The van der Waals surface area contributed by atoms with E-state index in [1.165, 1.54) is 6.08 Å². The normalized spacial score (nSPS) is 26.0. The van der Waals surface area contributed by atoms with Gasteiger partial charge in [-0.25, -0.2) is 13.1 Å². The fourth-order valence-electron chi connectivity index (χ4n) is 2.16. The molecule has 3 unspecified atom stereocenters. The van der Waals surface area contributed by atoms with Crippen LogP contribution in [0.3, 0.4) is 0 Å². The highest BCUT2D eigenvalue weighted by Crippen LogP contribution is 2.23. The lowest BCUT2D eigenvalue weighted by Gasteiger charge is -2.41. The van der Waals surface area contributed by atoms with Crippen LogP contribution in [0.4, 0.5) is 0 Å². The lowest BCUT2D eigenvalue weighted by atomic mass is 9.84. The molecule has 0 aromatic heterocycles. The molecular weight excluding hydrogens is 312 g/mol. The van der Waals surface area contributed by atoms with Crippen molar-refractivity contribution < 1.29 is 13.2 Å². The first-order chi connectivity index (χ1) is 9.91. The SMILES string of the molecule is CCOC1CC(N)C1NS(=O)(=O)C=Cc1ccc(Cl)cc1. The lowest BCUT2D eigenvalue weighted by Crippen LogP contribution is -2.64.